The minimum atomic E-state index is -0.678. The summed E-state index contributed by atoms with van der Waals surface area (Å²) in [5, 5.41) is 0. The first kappa shape index (κ1) is 25.6. The number of amides is 1. The van der Waals surface area contributed by atoms with Crippen molar-refractivity contribution in [2.75, 3.05) is 13.6 Å². The van der Waals surface area contributed by atoms with Gasteiger partial charge in [-0.25, -0.2) is 0 Å². The van der Waals surface area contributed by atoms with E-state index in [1.807, 2.05) is 11.9 Å². The number of rotatable bonds is 11. The van der Waals surface area contributed by atoms with E-state index in [-0.39, 0.29) is 17.0 Å². The highest BCUT2D eigenvalue weighted by Crippen LogP contribution is 2.53. The van der Waals surface area contributed by atoms with Gasteiger partial charge in [0.15, 0.2) is 5.60 Å². The molecule has 2 aliphatic rings. The Hall–Kier alpha value is -0.610. The Labute approximate surface area is 187 Å². The quantitative estimate of drug-likeness (QED) is 0.355. The number of hydrogen-bond donors (Lipinski definition) is 0. The van der Waals surface area contributed by atoms with E-state index in [0.717, 1.165) is 45.1 Å². The van der Waals surface area contributed by atoms with Gasteiger partial charge in [0, 0.05) is 31.0 Å². The summed E-state index contributed by atoms with van der Waals surface area (Å²) in [6.07, 6.45) is 13.3. The van der Waals surface area contributed by atoms with Crippen molar-refractivity contribution in [3.63, 3.8) is 0 Å². The average molecular weight is 423 g/mol. The first-order valence-corrected chi connectivity index (χ1v) is 12.8. The minimum Gasteiger partial charge on any atom is -0.339 e. The normalized spacial score (nSPS) is 27.9. The smallest absolute Gasteiger partial charge is 0.257 e. The van der Waals surface area contributed by atoms with Gasteiger partial charge in [0.05, 0.1) is 0 Å². The van der Waals surface area contributed by atoms with Crippen LogP contribution < -0.4 is 0 Å². The number of likely N-dealkylation sites (N-methyl/N-ethyl adjacent to an activating group) is 1. The van der Waals surface area contributed by atoms with E-state index in [1.165, 1.54) is 38.5 Å². The van der Waals surface area contributed by atoms with E-state index >= 15 is 0 Å². The zero-order chi connectivity index (χ0) is 22.6. The van der Waals surface area contributed by atoms with E-state index in [0.29, 0.717) is 0 Å². The molecule has 1 spiro atoms. The van der Waals surface area contributed by atoms with Crippen molar-refractivity contribution in [1.82, 2.24) is 9.80 Å². The zero-order valence-electron chi connectivity index (χ0n) is 21.4. The molecule has 0 aromatic heterocycles. The van der Waals surface area contributed by atoms with E-state index in [2.05, 4.69) is 53.4 Å². The molecule has 1 amide bonds. The molecule has 0 aromatic rings. The van der Waals surface area contributed by atoms with Crippen LogP contribution in [-0.2, 0) is 9.53 Å². The topological polar surface area (TPSA) is 32.8 Å². The Kier molecular flexibility index (Phi) is 8.46. The molecule has 2 fully saturated rings. The SMILES string of the molecule is CCCCCCCC1(CCCCC)OC2(CC(C)(C)N(CC)C(C)(C)C2)C(=O)N1C. The van der Waals surface area contributed by atoms with Crippen LogP contribution in [0.4, 0.5) is 0 Å². The van der Waals surface area contributed by atoms with Crippen LogP contribution in [0, 0.1) is 0 Å². The number of carbonyl (C=O) groups is 1. The van der Waals surface area contributed by atoms with Crippen molar-refractivity contribution in [2.24, 2.45) is 0 Å². The standard InChI is InChI=1S/C26H50N2O2/c1-9-12-14-15-17-19-26(18-16-13-10-2)27(8)22(29)25(30-26)20-23(4,5)28(11-3)24(6,7)21-25/h9-21H2,1-8H3. The number of ether oxygens (including phenoxy) is 1. The molecule has 1 atom stereocenters. The van der Waals surface area contributed by atoms with Gasteiger partial charge in [-0.2, -0.15) is 0 Å². The number of nitrogens with zero attached hydrogens (tertiary/aromatic N) is 2. The fraction of sp³-hybridized carbons (Fsp3) is 0.962. The van der Waals surface area contributed by atoms with Gasteiger partial charge in [-0.3, -0.25) is 9.69 Å². The molecule has 2 aliphatic heterocycles. The largest absolute Gasteiger partial charge is 0.339 e. The van der Waals surface area contributed by atoms with E-state index < -0.39 is 11.3 Å². The Morgan fingerprint density at radius 3 is 1.77 bits per heavy atom. The average Bonchev–Trinajstić information content (AvgIpc) is 2.82. The number of unbranched alkanes of at least 4 members (excludes halogenated alkanes) is 6. The van der Waals surface area contributed by atoms with E-state index in [1.54, 1.807) is 0 Å². The highest BCUT2D eigenvalue weighted by atomic mass is 16.6. The summed E-state index contributed by atoms with van der Waals surface area (Å²) in [7, 11) is 2.02. The maximum Gasteiger partial charge on any atom is 0.257 e. The molecule has 2 heterocycles. The predicted molar refractivity (Wildman–Crippen MR) is 127 cm³/mol. The van der Waals surface area contributed by atoms with Crippen molar-refractivity contribution in [3.05, 3.63) is 0 Å². The Morgan fingerprint density at radius 1 is 0.800 bits per heavy atom. The lowest BCUT2D eigenvalue weighted by molar-refractivity contribution is -0.198. The predicted octanol–water partition coefficient (Wildman–Crippen LogP) is 6.52. The maximum absolute atomic E-state index is 13.8. The lowest BCUT2D eigenvalue weighted by Crippen LogP contribution is -2.67. The second kappa shape index (κ2) is 9.90. The molecular weight excluding hydrogens is 372 g/mol. The number of likely N-dealkylation sites (tertiary alicyclic amines) is 1. The summed E-state index contributed by atoms with van der Waals surface area (Å²) < 4.78 is 7.07. The van der Waals surface area contributed by atoms with Crippen LogP contribution in [0.1, 0.15) is 126 Å². The first-order valence-electron chi connectivity index (χ1n) is 12.8. The zero-order valence-corrected chi connectivity index (χ0v) is 21.4. The van der Waals surface area contributed by atoms with Gasteiger partial charge < -0.3 is 9.64 Å². The van der Waals surface area contributed by atoms with Gasteiger partial charge in [0.1, 0.15) is 5.72 Å². The molecule has 176 valence electrons. The van der Waals surface area contributed by atoms with Crippen LogP contribution >= 0.6 is 0 Å². The fourth-order valence-electron chi connectivity index (χ4n) is 6.73. The van der Waals surface area contributed by atoms with Gasteiger partial charge >= 0.3 is 0 Å². The van der Waals surface area contributed by atoms with Gasteiger partial charge in [0.2, 0.25) is 0 Å². The number of piperidine rings is 1. The molecule has 0 N–H and O–H groups in total. The summed E-state index contributed by atoms with van der Waals surface area (Å²) in [6, 6.07) is 0. The highest BCUT2D eigenvalue weighted by Gasteiger charge is 2.64. The van der Waals surface area contributed by atoms with Crippen molar-refractivity contribution in [3.8, 4) is 0 Å². The van der Waals surface area contributed by atoms with Gasteiger partial charge in [0.25, 0.3) is 5.91 Å². The van der Waals surface area contributed by atoms with Crippen LogP contribution in [0.15, 0.2) is 0 Å². The van der Waals surface area contributed by atoms with Crippen LogP contribution in [0.25, 0.3) is 0 Å². The van der Waals surface area contributed by atoms with Gasteiger partial charge in [-0.1, -0.05) is 59.3 Å². The molecule has 0 saturated carbocycles. The Bertz CT molecular complexity index is 553. The molecule has 0 bridgehead atoms. The van der Waals surface area contributed by atoms with Crippen LogP contribution in [-0.4, -0.2) is 51.7 Å². The second-order valence-corrected chi connectivity index (χ2v) is 11.3. The summed E-state index contributed by atoms with van der Waals surface area (Å²) in [6.45, 7) is 16.9. The summed E-state index contributed by atoms with van der Waals surface area (Å²) in [5.74, 6) is 0.226. The van der Waals surface area contributed by atoms with Crippen molar-refractivity contribution in [1.29, 1.82) is 0 Å². The van der Waals surface area contributed by atoms with Crippen molar-refractivity contribution >= 4 is 5.91 Å². The fourth-order valence-corrected chi connectivity index (χ4v) is 6.73. The van der Waals surface area contributed by atoms with Gasteiger partial charge in [-0.05, 0) is 59.9 Å². The number of carbonyl (C=O) groups excluding carboxylic acids is 1. The highest BCUT2D eigenvalue weighted by molar-refractivity contribution is 5.88. The first-order chi connectivity index (χ1) is 14.0. The molecule has 4 heteroatoms. The van der Waals surface area contributed by atoms with E-state index in [9.17, 15) is 4.79 Å². The third kappa shape index (κ3) is 5.06. The second-order valence-electron chi connectivity index (χ2n) is 11.3. The van der Waals surface area contributed by atoms with Gasteiger partial charge in [-0.15, -0.1) is 0 Å². The third-order valence-corrected chi connectivity index (χ3v) is 7.75. The maximum atomic E-state index is 13.8. The molecule has 0 aliphatic carbocycles. The van der Waals surface area contributed by atoms with Crippen LogP contribution in [0.3, 0.4) is 0 Å². The Morgan fingerprint density at radius 2 is 1.27 bits per heavy atom. The van der Waals surface area contributed by atoms with Crippen LogP contribution in [0.2, 0.25) is 0 Å². The summed E-state index contributed by atoms with van der Waals surface area (Å²) >= 11 is 0. The molecule has 1 unspecified atom stereocenters. The minimum absolute atomic E-state index is 0.0619. The van der Waals surface area contributed by atoms with Crippen LogP contribution in [0.5, 0.6) is 0 Å². The van der Waals surface area contributed by atoms with Crippen molar-refractivity contribution in [2.45, 2.75) is 148 Å². The monoisotopic (exact) mass is 422 g/mol. The lowest BCUT2D eigenvalue weighted by atomic mass is 9.70. The third-order valence-electron chi connectivity index (χ3n) is 7.75. The molecule has 4 nitrogen and oxygen atoms in total. The van der Waals surface area contributed by atoms with E-state index in [4.69, 9.17) is 4.74 Å². The molecule has 0 radical (unpaired) electrons. The molecule has 30 heavy (non-hydrogen) atoms. The van der Waals surface area contributed by atoms with Crippen molar-refractivity contribution < 1.29 is 9.53 Å². The Balaban J connectivity index is 2.29. The summed E-state index contributed by atoms with van der Waals surface area (Å²) in [4.78, 5) is 18.4. The molecule has 2 rings (SSSR count). The lowest BCUT2D eigenvalue weighted by Gasteiger charge is -2.57. The molecular formula is C26H50N2O2. The summed E-state index contributed by atoms with van der Waals surface area (Å²) in [5.41, 5.74) is -1.22. The molecule has 0 aromatic carbocycles. The molecule has 2 saturated heterocycles. The number of hydrogen-bond acceptors (Lipinski definition) is 3.